The number of rotatable bonds is 14. The van der Waals surface area contributed by atoms with Crippen LogP contribution in [0.5, 0.6) is 0 Å². The summed E-state index contributed by atoms with van der Waals surface area (Å²) in [6.07, 6.45) is 2.68. The summed E-state index contributed by atoms with van der Waals surface area (Å²) in [7, 11) is -1.74. The smallest absolute Gasteiger partial charge is 0.265 e. The zero-order chi connectivity index (χ0) is 16.2. The molecule has 1 unspecified atom stereocenters. The molecule has 6 nitrogen and oxygen atoms in total. The first-order valence-corrected chi connectivity index (χ1v) is 9.38. The van der Waals surface area contributed by atoms with Crippen LogP contribution in [0.25, 0.3) is 0 Å². The van der Waals surface area contributed by atoms with Gasteiger partial charge in [-0.3, -0.25) is 4.55 Å². The van der Waals surface area contributed by atoms with Crippen molar-refractivity contribution in [1.29, 1.82) is 0 Å². The van der Waals surface area contributed by atoms with E-state index in [1.165, 1.54) is 0 Å². The average molecular weight is 326 g/mol. The first-order valence-electron chi connectivity index (χ1n) is 7.77. The zero-order valence-corrected chi connectivity index (χ0v) is 14.5. The van der Waals surface area contributed by atoms with Gasteiger partial charge in [0.1, 0.15) is 6.54 Å². The van der Waals surface area contributed by atoms with E-state index < -0.39 is 10.1 Å². The summed E-state index contributed by atoms with van der Waals surface area (Å²) in [6.45, 7) is 9.20. The molecule has 0 aliphatic carbocycles. The molecule has 0 aromatic heterocycles. The Balaban J connectivity index is 4.08. The lowest BCUT2D eigenvalue weighted by molar-refractivity contribution is -0.910. The second-order valence-electron chi connectivity index (χ2n) is 5.59. The molecule has 128 valence electrons. The lowest BCUT2D eigenvalue weighted by atomic mass is 10.2. The number of hydrogen-bond acceptors (Lipinski definition) is 4. The lowest BCUT2D eigenvalue weighted by Crippen LogP contribution is -2.48. The Morgan fingerprint density at radius 2 is 1.57 bits per heavy atom. The maximum absolute atomic E-state index is 10.8. The molecule has 1 N–H and O–H groups in total. The topological polar surface area (TPSA) is 72.8 Å². The van der Waals surface area contributed by atoms with Crippen LogP contribution in [-0.4, -0.2) is 76.3 Å². The van der Waals surface area contributed by atoms with Crippen LogP contribution in [0, 0.1) is 0 Å². The van der Waals surface area contributed by atoms with Crippen LogP contribution in [-0.2, 0) is 19.6 Å². The summed E-state index contributed by atoms with van der Waals surface area (Å²) < 4.78 is 42.0. The van der Waals surface area contributed by atoms with Gasteiger partial charge in [0.25, 0.3) is 10.1 Å². The average Bonchev–Trinajstić information content (AvgIpc) is 2.39. The van der Waals surface area contributed by atoms with Crippen molar-refractivity contribution in [2.75, 3.05) is 58.9 Å². The maximum atomic E-state index is 10.8. The van der Waals surface area contributed by atoms with E-state index in [1.54, 1.807) is 0 Å². The van der Waals surface area contributed by atoms with Gasteiger partial charge in [-0.15, -0.1) is 0 Å². The summed E-state index contributed by atoms with van der Waals surface area (Å²) in [4.78, 5) is 0. The molecule has 0 radical (unpaired) electrons. The first-order chi connectivity index (χ1) is 9.83. The highest BCUT2D eigenvalue weighted by Gasteiger charge is 2.21. The number of unbranched alkanes of at least 4 members (excludes halogenated alkanes) is 1. The van der Waals surface area contributed by atoms with Crippen molar-refractivity contribution in [3.8, 4) is 0 Å². The fourth-order valence-corrected chi connectivity index (χ4v) is 2.65. The zero-order valence-electron chi connectivity index (χ0n) is 13.7. The Hall–Kier alpha value is -0.210. The van der Waals surface area contributed by atoms with Gasteiger partial charge in [-0.05, 0) is 13.3 Å². The summed E-state index contributed by atoms with van der Waals surface area (Å²) in [5.74, 6) is -0.168. The molecule has 0 rings (SSSR count). The Bertz CT molecular complexity index is 347. The van der Waals surface area contributed by atoms with Crippen molar-refractivity contribution in [2.24, 2.45) is 0 Å². The minimum Gasteiger partial charge on any atom is -0.379 e. The molecule has 0 saturated heterocycles. The van der Waals surface area contributed by atoms with Crippen LogP contribution in [0.15, 0.2) is 0 Å². The highest BCUT2D eigenvalue weighted by molar-refractivity contribution is 7.85. The highest BCUT2D eigenvalue weighted by atomic mass is 32.2. The molecule has 0 aliphatic heterocycles. The molecule has 0 aromatic rings. The second kappa shape index (κ2) is 11.4. The van der Waals surface area contributed by atoms with Crippen molar-refractivity contribution in [3.63, 3.8) is 0 Å². The van der Waals surface area contributed by atoms with E-state index in [-0.39, 0.29) is 5.75 Å². The Morgan fingerprint density at radius 3 is 2.14 bits per heavy atom. The fraction of sp³-hybridized carbons (Fsp3) is 1.00. The number of hydrogen-bond donors (Lipinski definition) is 1. The van der Waals surface area contributed by atoms with Gasteiger partial charge in [0.2, 0.25) is 0 Å². The number of likely N-dealkylation sites (N-methyl/N-ethyl adjacent to an activating group) is 1. The maximum Gasteiger partial charge on any atom is 0.265 e. The lowest BCUT2D eigenvalue weighted by Gasteiger charge is -2.34. The van der Waals surface area contributed by atoms with Gasteiger partial charge in [0.15, 0.2) is 0 Å². The third kappa shape index (κ3) is 13.2. The molecule has 21 heavy (non-hydrogen) atoms. The van der Waals surface area contributed by atoms with E-state index in [4.69, 9.17) is 14.0 Å². The van der Waals surface area contributed by atoms with Crippen LogP contribution in [0.1, 0.15) is 33.1 Å². The van der Waals surface area contributed by atoms with Crippen LogP contribution in [0.2, 0.25) is 0 Å². The van der Waals surface area contributed by atoms with Gasteiger partial charge in [0.05, 0.1) is 45.7 Å². The van der Waals surface area contributed by atoms with Crippen molar-refractivity contribution in [1.82, 2.24) is 0 Å². The molecule has 0 aliphatic rings. The molecule has 0 bridgehead atoms. The predicted octanol–water partition coefficient (Wildman–Crippen LogP) is 1.56. The van der Waals surface area contributed by atoms with Gasteiger partial charge in [-0.25, -0.2) is 0 Å². The van der Waals surface area contributed by atoms with E-state index in [9.17, 15) is 8.42 Å². The molecule has 0 aromatic carbocycles. The molecule has 0 spiro atoms. The SMILES string of the molecule is CCCC[N+](C)(CCCS(=O)(=O)O)CCOCCOCC. The van der Waals surface area contributed by atoms with Crippen molar-refractivity contribution >= 4 is 10.1 Å². The number of ether oxygens (including phenoxy) is 2. The molecule has 1 atom stereocenters. The summed E-state index contributed by atoms with van der Waals surface area (Å²) in [6, 6.07) is 0. The van der Waals surface area contributed by atoms with E-state index in [2.05, 4.69) is 14.0 Å². The van der Waals surface area contributed by atoms with Crippen LogP contribution < -0.4 is 0 Å². The first kappa shape index (κ1) is 20.8. The van der Waals surface area contributed by atoms with Crippen molar-refractivity contribution in [2.45, 2.75) is 33.1 Å². The van der Waals surface area contributed by atoms with Gasteiger partial charge in [-0.1, -0.05) is 13.3 Å². The molecule has 0 fully saturated rings. The van der Waals surface area contributed by atoms with Gasteiger partial charge in [-0.2, -0.15) is 8.42 Å². The molecular formula is C14H32NO5S+. The fourth-order valence-electron chi connectivity index (χ4n) is 2.15. The molecule has 0 amide bonds. The third-order valence-electron chi connectivity index (χ3n) is 3.50. The van der Waals surface area contributed by atoms with E-state index in [0.29, 0.717) is 32.8 Å². The minimum atomic E-state index is -3.86. The number of nitrogens with zero attached hydrogens (tertiary/aromatic N) is 1. The largest absolute Gasteiger partial charge is 0.379 e. The van der Waals surface area contributed by atoms with Gasteiger partial charge >= 0.3 is 0 Å². The number of quaternary nitrogens is 1. The Labute approximate surface area is 129 Å². The van der Waals surface area contributed by atoms with Crippen LogP contribution >= 0.6 is 0 Å². The van der Waals surface area contributed by atoms with Crippen LogP contribution in [0.4, 0.5) is 0 Å². The molecular weight excluding hydrogens is 294 g/mol. The normalized spacial score (nSPS) is 15.0. The third-order valence-corrected chi connectivity index (χ3v) is 4.31. The minimum absolute atomic E-state index is 0.168. The Morgan fingerprint density at radius 1 is 0.952 bits per heavy atom. The van der Waals surface area contributed by atoms with E-state index >= 15 is 0 Å². The van der Waals surface area contributed by atoms with Gasteiger partial charge in [0, 0.05) is 13.0 Å². The standard InChI is InChI=1S/C14H31NO5S/c1-4-6-8-15(3,9-7-14-21(16,17)18)10-11-20-13-12-19-5-2/h4-14H2,1-3H3/p+1. The predicted molar refractivity (Wildman–Crippen MR) is 84.0 cm³/mol. The van der Waals surface area contributed by atoms with E-state index in [1.807, 2.05) is 6.92 Å². The summed E-state index contributed by atoms with van der Waals surface area (Å²) in [5.41, 5.74) is 0. The highest BCUT2D eigenvalue weighted by Crippen LogP contribution is 2.08. The molecule has 7 heteroatoms. The van der Waals surface area contributed by atoms with Crippen molar-refractivity contribution < 1.29 is 26.9 Å². The monoisotopic (exact) mass is 326 g/mol. The summed E-state index contributed by atoms with van der Waals surface area (Å²) in [5, 5.41) is 0. The quantitative estimate of drug-likeness (QED) is 0.298. The van der Waals surface area contributed by atoms with Crippen molar-refractivity contribution in [3.05, 3.63) is 0 Å². The van der Waals surface area contributed by atoms with Gasteiger partial charge < -0.3 is 14.0 Å². The Kier molecular flexibility index (Phi) is 11.3. The van der Waals surface area contributed by atoms with E-state index in [0.717, 1.165) is 37.0 Å². The second-order valence-corrected chi connectivity index (χ2v) is 7.16. The summed E-state index contributed by atoms with van der Waals surface area (Å²) >= 11 is 0. The van der Waals surface area contributed by atoms with Crippen LogP contribution in [0.3, 0.4) is 0 Å². The molecule has 0 saturated carbocycles. The molecule has 0 heterocycles.